The molecule has 0 spiro atoms. The standard InChI is InChI=1S/C11H19NO3S2/c1-5-12(8(2)3)17(14,15)11-9(4)7-16-10(11)6-13/h7-8,13H,5-6H2,1-4H3. The number of rotatable bonds is 5. The minimum Gasteiger partial charge on any atom is -0.391 e. The lowest BCUT2D eigenvalue weighted by Gasteiger charge is -2.24. The summed E-state index contributed by atoms with van der Waals surface area (Å²) < 4.78 is 26.4. The van der Waals surface area contributed by atoms with Crippen LogP contribution in [0, 0.1) is 6.92 Å². The van der Waals surface area contributed by atoms with Gasteiger partial charge in [0.2, 0.25) is 10.0 Å². The van der Waals surface area contributed by atoms with Crippen LogP contribution in [0.25, 0.3) is 0 Å². The van der Waals surface area contributed by atoms with E-state index in [1.54, 1.807) is 12.3 Å². The first-order chi connectivity index (χ1) is 7.86. The van der Waals surface area contributed by atoms with Crippen molar-refractivity contribution in [2.24, 2.45) is 0 Å². The smallest absolute Gasteiger partial charge is 0.244 e. The average Bonchev–Trinajstić information content (AvgIpc) is 2.59. The summed E-state index contributed by atoms with van der Waals surface area (Å²) in [5.41, 5.74) is 0.707. The molecule has 0 aliphatic heterocycles. The molecule has 4 nitrogen and oxygen atoms in total. The highest BCUT2D eigenvalue weighted by molar-refractivity contribution is 7.89. The maximum atomic E-state index is 12.5. The topological polar surface area (TPSA) is 57.6 Å². The van der Waals surface area contributed by atoms with Crippen molar-refractivity contribution in [1.29, 1.82) is 0 Å². The van der Waals surface area contributed by atoms with Gasteiger partial charge in [0.15, 0.2) is 0 Å². The Bertz CT molecular complexity index is 477. The Balaban J connectivity index is 3.34. The molecule has 0 aliphatic rings. The van der Waals surface area contributed by atoms with E-state index < -0.39 is 10.0 Å². The van der Waals surface area contributed by atoms with Crippen molar-refractivity contribution in [1.82, 2.24) is 4.31 Å². The fourth-order valence-electron chi connectivity index (χ4n) is 1.87. The summed E-state index contributed by atoms with van der Waals surface area (Å²) in [7, 11) is -3.50. The van der Waals surface area contributed by atoms with Gasteiger partial charge in [-0.1, -0.05) is 6.92 Å². The number of hydrogen-bond donors (Lipinski definition) is 1. The van der Waals surface area contributed by atoms with E-state index in [1.807, 2.05) is 20.8 Å². The third kappa shape index (κ3) is 2.70. The van der Waals surface area contributed by atoms with Gasteiger partial charge < -0.3 is 5.11 Å². The van der Waals surface area contributed by atoms with E-state index in [9.17, 15) is 13.5 Å². The van der Waals surface area contributed by atoms with Crippen molar-refractivity contribution in [2.45, 2.75) is 45.2 Å². The molecule has 0 fully saturated rings. The number of nitrogens with zero attached hydrogens (tertiary/aromatic N) is 1. The Hall–Kier alpha value is -0.430. The maximum Gasteiger partial charge on any atom is 0.244 e. The molecule has 1 rings (SSSR count). The summed E-state index contributed by atoms with van der Waals surface area (Å²) in [6.45, 7) is 7.47. The van der Waals surface area contributed by atoms with Crippen molar-refractivity contribution in [3.05, 3.63) is 15.8 Å². The molecule has 0 aliphatic carbocycles. The quantitative estimate of drug-likeness (QED) is 0.895. The van der Waals surface area contributed by atoms with Gasteiger partial charge in [-0.05, 0) is 31.7 Å². The van der Waals surface area contributed by atoms with Gasteiger partial charge in [0, 0.05) is 12.6 Å². The van der Waals surface area contributed by atoms with Crippen LogP contribution < -0.4 is 0 Å². The van der Waals surface area contributed by atoms with E-state index in [0.29, 0.717) is 17.0 Å². The van der Waals surface area contributed by atoms with Crippen LogP contribution in [0.5, 0.6) is 0 Å². The van der Waals surface area contributed by atoms with Crippen LogP contribution >= 0.6 is 11.3 Å². The third-order valence-electron chi connectivity index (χ3n) is 2.59. The van der Waals surface area contributed by atoms with E-state index in [-0.39, 0.29) is 17.5 Å². The fourth-order valence-corrected chi connectivity index (χ4v) is 5.13. The lowest BCUT2D eigenvalue weighted by molar-refractivity contribution is 0.281. The molecule has 1 aromatic rings. The van der Waals surface area contributed by atoms with E-state index in [1.165, 1.54) is 15.6 Å². The number of thiophene rings is 1. The first-order valence-electron chi connectivity index (χ1n) is 5.55. The van der Waals surface area contributed by atoms with Gasteiger partial charge in [-0.3, -0.25) is 0 Å². The molecule has 0 bridgehead atoms. The monoisotopic (exact) mass is 277 g/mol. The Morgan fingerprint density at radius 1 is 1.47 bits per heavy atom. The Morgan fingerprint density at radius 3 is 2.47 bits per heavy atom. The normalized spacial score (nSPS) is 12.6. The predicted octanol–water partition coefficient (Wildman–Crippen LogP) is 1.97. The van der Waals surface area contributed by atoms with Crippen molar-refractivity contribution in [2.75, 3.05) is 6.54 Å². The summed E-state index contributed by atoms with van der Waals surface area (Å²) >= 11 is 1.29. The summed E-state index contributed by atoms with van der Waals surface area (Å²) in [5, 5.41) is 11.0. The zero-order valence-corrected chi connectivity index (χ0v) is 12.2. The molecule has 17 heavy (non-hydrogen) atoms. The van der Waals surface area contributed by atoms with Crippen molar-refractivity contribution in [3.63, 3.8) is 0 Å². The van der Waals surface area contributed by atoms with Gasteiger partial charge in [0.05, 0.1) is 11.5 Å². The lowest BCUT2D eigenvalue weighted by atomic mass is 10.3. The second-order valence-electron chi connectivity index (χ2n) is 4.13. The minimum absolute atomic E-state index is 0.0872. The van der Waals surface area contributed by atoms with Crippen molar-refractivity contribution < 1.29 is 13.5 Å². The van der Waals surface area contributed by atoms with Gasteiger partial charge in [-0.15, -0.1) is 11.3 Å². The molecule has 0 saturated heterocycles. The predicted molar refractivity (Wildman–Crippen MR) is 69.7 cm³/mol. The Morgan fingerprint density at radius 2 is 2.06 bits per heavy atom. The second kappa shape index (κ2) is 5.48. The first kappa shape index (κ1) is 14.6. The zero-order chi connectivity index (χ0) is 13.2. The molecule has 98 valence electrons. The molecule has 0 unspecified atom stereocenters. The zero-order valence-electron chi connectivity index (χ0n) is 10.6. The maximum absolute atomic E-state index is 12.5. The third-order valence-corrected chi connectivity index (χ3v) is 6.19. The largest absolute Gasteiger partial charge is 0.391 e. The molecule has 0 saturated carbocycles. The molecule has 1 heterocycles. The van der Waals surface area contributed by atoms with Crippen molar-refractivity contribution in [3.8, 4) is 0 Å². The summed E-state index contributed by atoms with van der Waals surface area (Å²) in [4.78, 5) is 0.794. The molecular weight excluding hydrogens is 258 g/mol. The van der Waals surface area contributed by atoms with E-state index in [2.05, 4.69) is 0 Å². The van der Waals surface area contributed by atoms with E-state index in [4.69, 9.17) is 0 Å². The SMILES string of the molecule is CCN(C(C)C)S(=O)(=O)c1c(C)csc1CO. The number of hydrogen-bond acceptors (Lipinski definition) is 4. The number of aliphatic hydroxyl groups excluding tert-OH is 1. The van der Waals surface area contributed by atoms with Gasteiger partial charge in [0.1, 0.15) is 4.90 Å². The van der Waals surface area contributed by atoms with Crippen LogP contribution in [0.15, 0.2) is 10.3 Å². The van der Waals surface area contributed by atoms with Gasteiger partial charge >= 0.3 is 0 Å². The van der Waals surface area contributed by atoms with Crippen LogP contribution in [-0.4, -0.2) is 30.4 Å². The Labute approximate surface area is 107 Å². The molecule has 1 aromatic heterocycles. The summed E-state index contributed by atoms with van der Waals surface area (Å²) in [6.07, 6.45) is 0. The van der Waals surface area contributed by atoms with Crippen LogP contribution in [0.3, 0.4) is 0 Å². The van der Waals surface area contributed by atoms with Crippen LogP contribution in [0.1, 0.15) is 31.2 Å². The van der Waals surface area contributed by atoms with Crippen LogP contribution in [0.2, 0.25) is 0 Å². The first-order valence-corrected chi connectivity index (χ1v) is 7.87. The highest BCUT2D eigenvalue weighted by Crippen LogP contribution is 2.30. The minimum atomic E-state index is -3.50. The van der Waals surface area contributed by atoms with E-state index in [0.717, 1.165) is 0 Å². The summed E-state index contributed by atoms with van der Waals surface area (Å²) in [6, 6.07) is -0.0872. The Kier molecular flexibility index (Phi) is 4.71. The highest BCUT2D eigenvalue weighted by atomic mass is 32.2. The molecule has 0 atom stereocenters. The second-order valence-corrected chi connectivity index (χ2v) is 6.92. The molecule has 0 amide bonds. The van der Waals surface area contributed by atoms with Gasteiger partial charge in [-0.2, -0.15) is 4.31 Å². The van der Waals surface area contributed by atoms with Crippen LogP contribution in [-0.2, 0) is 16.6 Å². The van der Waals surface area contributed by atoms with Gasteiger partial charge in [0.25, 0.3) is 0 Å². The lowest BCUT2D eigenvalue weighted by Crippen LogP contribution is -2.37. The number of aryl methyl sites for hydroxylation is 1. The molecule has 1 N–H and O–H groups in total. The highest BCUT2D eigenvalue weighted by Gasteiger charge is 2.30. The summed E-state index contributed by atoms with van der Waals surface area (Å²) in [5.74, 6) is 0. The number of sulfonamides is 1. The molecule has 6 heteroatoms. The van der Waals surface area contributed by atoms with Crippen molar-refractivity contribution >= 4 is 21.4 Å². The number of aliphatic hydroxyl groups is 1. The molecular formula is C11H19NO3S2. The fraction of sp³-hybridized carbons (Fsp3) is 0.636. The van der Waals surface area contributed by atoms with E-state index >= 15 is 0 Å². The molecule has 0 aromatic carbocycles. The molecule has 0 radical (unpaired) electrons. The van der Waals surface area contributed by atoms with Gasteiger partial charge in [-0.25, -0.2) is 8.42 Å². The van der Waals surface area contributed by atoms with Crippen LogP contribution in [0.4, 0.5) is 0 Å². The average molecular weight is 277 g/mol.